The van der Waals surface area contributed by atoms with Crippen molar-refractivity contribution < 1.29 is 9.32 Å². The molecule has 4 heteroatoms. The second-order valence-electron chi connectivity index (χ2n) is 5.77. The first-order chi connectivity index (χ1) is 9.99. The number of hydrogen-bond acceptors (Lipinski definition) is 3. The van der Waals surface area contributed by atoms with E-state index in [0.717, 1.165) is 12.0 Å². The van der Waals surface area contributed by atoms with Crippen molar-refractivity contribution in [2.45, 2.75) is 40.2 Å². The third-order valence-corrected chi connectivity index (χ3v) is 3.47. The van der Waals surface area contributed by atoms with E-state index in [1.807, 2.05) is 30.3 Å². The molecule has 0 spiro atoms. The van der Waals surface area contributed by atoms with Crippen molar-refractivity contribution in [1.29, 1.82) is 0 Å². The molecular formula is C17H22N2O2. The van der Waals surface area contributed by atoms with Gasteiger partial charge in [-0.2, -0.15) is 0 Å². The summed E-state index contributed by atoms with van der Waals surface area (Å²) in [6.07, 6.45) is 0.888. The Morgan fingerprint density at radius 2 is 1.90 bits per heavy atom. The van der Waals surface area contributed by atoms with Gasteiger partial charge in [-0.1, -0.05) is 49.3 Å². The number of hydrogen-bond donors (Lipinski definition) is 1. The largest absolute Gasteiger partial charge is 0.361 e. The SMILES string of the molecule is Cc1noc(C)c1C(=O)N[C@@H](CC(C)C)c1ccccc1. The molecule has 0 saturated carbocycles. The summed E-state index contributed by atoms with van der Waals surface area (Å²) in [6, 6.07) is 10.0. The molecular weight excluding hydrogens is 264 g/mol. The van der Waals surface area contributed by atoms with Crippen LogP contribution >= 0.6 is 0 Å². The van der Waals surface area contributed by atoms with Crippen LogP contribution in [0.1, 0.15) is 53.7 Å². The van der Waals surface area contributed by atoms with E-state index in [4.69, 9.17) is 4.52 Å². The number of nitrogens with zero attached hydrogens (tertiary/aromatic N) is 1. The lowest BCUT2D eigenvalue weighted by Crippen LogP contribution is -2.30. The summed E-state index contributed by atoms with van der Waals surface area (Å²) in [4.78, 5) is 12.5. The maximum absolute atomic E-state index is 12.5. The van der Waals surface area contributed by atoms with Crippen LogP contribution in [0.3, 0.4) is 0 Å². The minimum absolute atomic E-state index is 0.00704. The molecule has 0 unspecified atom stereocenters. The molecule has 1 amide bonds. The second-order valence-corrected chi connectivity index (χ2v) is 5.77. The number of benzene rings is 1. The minimum Gasteiger partial charge on any atom is -0.361 e. The number of aromatic nitrogens is 1. The Morgan fingerprint density at radius 3 is 2.43 bits per heavy atom. The van der Waals surface area contributed by atoms with E-state index in [1.54, 1.807) is 13.8 Å². The standard InChI is InChI=1S/C17H22N2O2/c1-11(2)10-15(14-8-6-5-7-9-14)18-17(20)16-12(3)19-21-13(16)4/h5-9,11,15H,10H2,1-4H3,(H,18,20)/t15-/m0/s1. The van der Waals surface area contributed by atoms with E-state index >= 15 is 0 Å². The number of nitrogens with one attached hydrogen (secondary N) is 1. The van der Waals surface area contributed by atoms with Crippen molar-refractivity contribution in [2.24, 2.45) is 5.92 Å². The fraction of sp³-hybridized carbons (Fsp3) is 0.412. The van der Waals surface area contributed by atoms with Crippen LogP contribution in [0.2, 0.25) is 0 Å². The van der Waals surface area contributed by atoms with Gasteiger partial charge < -0.3 is 9.84 Å². The van der Waals surface area contributed by atoms with E-state index in [1.165, 1.54) is 0 Å². The highest BCUT2D eigenvalue weighted by atomic mass is 16.5. The molecule has 0 aliphatic heterocycles. The van der Waals surface area contributed by atoms with Gasteiger partial charge in [-0.15, -0.1) is 0 Å². The first kappa shape index (κ1) is 15.3. The number of carbonyl (C=O) groups is 1. The quantitative estimate of drug-likeness (QED) is 0.909. The van der Waals surface area contributed by atoms with Gasteiger partial charge in [-0.05, 0) is 31.7 Å². The van der Waals surface area contributed by atoms with Gasteiger partial charge in [0.2, 0.25) is 0 Å². The number of rotatable bonds is 5. The van der Waals surface area contributed by atoms with Crippen molar-refractivity contribution in [2.75, 3.05) is 0 Å². The summed E-state index contributed by atoms with van der Waals surface area (Å²) in [7, 11) is 0. The minimum atomic E-state index is -0.124. The fourth-order valence-corrected chi connectivity index (χ4v) is 2.47. The molecule has 1 aromatic carbocycles. The highest BCUT2D eigenvalue weighted by Gasteiger charge is 2.22. The fourth-order valence-electron chi connectivity index (χ4n) is 2.47. The number of amides is 1. The number of aryl methyl sites for hydroxylation is 2. The zero-order valence-electron chi connectivity index (χ0n) is 13.0. The van der Waals surface area contributed by atoms with Crippen LogP contribution in [0.5, 0.6) is 0 Å². The summed E-state index contributed by atoms with van der Waals surface area (Å²) in [6.45, 7) is 7.84. The summed E-state index contributed by atoms with van der Waals surface area (Å²) >= 11 is 0. The normalized spacial score (nSPS) is 12.4. The van der Waals surface area contributed by atoms with E-state index in [-0.39, 0.29) is 11.9 Å². The highest BCUT2D eigenvalue weighted by Crippen LogP contribution is 2.22. The molecule has 0 aliphatic rings. The van der Waals surface area contributed by atoms with Crippen molar-refractivity contribution in [3.63, 3.8) is 0 Å². The summed E-state index contributed by atoms with van der Waals surface area (Å²) in [5.41, 5.74) is 2.28. The van der Waals surface area contributed by atoms with Crippen LogP contribution in [0.25, 0.3) is 0 Å². The zero-order chi connectivity index (χ0) is 15.4. The van der Waals surface area contributed by atoms with Crippen molar-refractivity contribution in [1.82, 2.24) is 10.5 Å². The Bertz CT molecular complexity index is 583. The van der Waals surface area contributed by atoms with Crippen LogP contribution in [0.15, 0.2) is 34.9 Å². The third kappa shape index (κ3) is 3.72. The zero-order valence-corrected chi connectivity index (χ0v) is 13.0. The van der Waals surface area contributed by atoms with Crippen molar-refractivity contribution in [3.8, 4) is 0 Å². The Kier molecular flexibility index (Phi) is 4.78. The van der Waals surface area contributed by atoms with Gasteiger partial charge in [0, 0.05) is 0 Å². The van der Waals surface area contributed by atoms with Gasteiger partial charge in [0.25, 0.3) is 5.91 Å². The van der Waals surface area contributed by atoms with Crippen LogP contribution < -0.4 is 5.32 Å². The molecule has 0 bridgehead atoms. The molecule has 21 heavy (non-hydrogen) atoms. The molecule has 0 aliphatic carbocycles. The maximum Gasteiger partial charge on any atom is 0.257 e. The molecule has 1 atom stereocenters. The van der Waals surface area contributed by atoms with Crippen LogP contribution in [0, 0.1) is 19.8 Å². The second kappa shape index (κ2) is 6.57. The van der Waals surface area contributed by atoms with Crippen LogP contribution in [0.4, 0.5) is 0 Å². The maximum atomic E-state index is 12.5. The molecule has 0 radical (unpaired) electrons. The Hall–Kier alpha value is -2.10. The van der Waals surface area contributed by atoms with Gasteiger partial charge in [0.1, 0.15) is 11.3 Å². The molecule has 1 heterocycles. The molecule has 1 aromatic heterocycles. The molecule has 4 nitrogen and oxygen atoms in total. The van der Waals surface area contributed by atoms with Gasteiger partial charge in [0.05, 0.1) is 11.7 Å². The first-order valence-electron chi connectivity index (χ1n) is 7.27. The Balaban J connectivity index is 2.21. The van der Waals surface area contributed by atoms with E-state index in [9.17, 15) is 4.79 Å². The summed E-state index contributed by atoms with van der Waals surface area (Å²) in [5.74, 6) is 0.919. The molecule has 1 N–H and O–H groups in total. The van der Waals surface area contributed by atoms with E-state index in [2.05, 4.69) is 24.3 Å². The van der Waals surface area contributed by atoms with E-state index < -0.39 is 0 Å². The molecule has 2 rings (SSSR count). The lowest BCUT2D eigenvalue weighted by atomic mass is 9.96. The van der Waals surface area contributed by atoms with Crippen molar-refractivity contribution in [3.05, 3.63) is 52.9 Å². The van der Waals surface area contributed by atoms with E-state index in [0.29, 0.717) is 22.9 Å². The third-order valence-electron chi connectivity index (χ3n) is 3.47. The van der Waals surface area contributed by atoms with Crippen molar-refractivity contribution >= 4 is 5.91 Å². The van der Waals surface area contributed by atoms with Crippen LogP contribution in [-0.4, -0.2) is 11.1 Å². The highest BCUT2D eigenvalue weighted by molar-refractivity contribution is 5.96. The van der Waals surface area contributed by atoms with Gasteiger partial charge in [-0.3, -0.25) is 4.79 Å². The first-order valence-corrected chi connectivity index (χ1v) is 7.27. The van der Waals surface area contributed by atoms with Gasteiger partial charge >= 0.3 is 0 Å². The molecule has 0 saturated heterocycles. The smallest absolute Gasteiger partial charge is 0.257 e. The Morgan fingerprint density at radius 1 is 1.24 bits per heavy atom. The Labute approximate surface area is 125 Å². The lowest BCUT2D eigenvalue weighted by Gasteiger charge is -2.21. The summed E-state index contributed by atoms with van der Waals surface area (Å²) < 4.78 is 5.07. The summed E-state index contributed by atoms with van der Waals surface area (Å²) in [5, 5.41) is 6.95. The molecule has 2 aromatic rings. The topological polar surface area (TPSA) is 55.1 Å². The van der Waals surface area contributed by atoms with Gasteiger partial charge in [0.15, 0.2) is 0 Å². The monoisotopic (exact) mass is 286 g/mol. The number of carbonyl (C=O) groups excluding carboxylic acids is 1. The predicted molar refractivity (Wildman–Crippen MR) is 82.1 cm³/mol. The average molecular weight is 286 g/mol. The average Bonchev–Trinajstić information content (AvgIpc) is 2.78. The van der Waals surface area contributed by atoms with Gasteiger partial charge in [-0.25, -0.2) is 0 Å². The molecule has 0 fully saturated rings. The van der Waals surface area contributed by atoms with Crippen LogP contribution in [-0.2, 0) is 0 Å². The molecule has 112 valence electrons. The predicted octanol–water partition coefficient (Wildman–Crippen LogP) is 3.81. The lowest BCUT2D eigenvalue weighted by molar-refractivity contribution is 0.0930.